The summed E-state index contributed by atoms with van der Waals surface area (Å²) in [5, 5.41) is 2.77. The molecule has 1 rings (SSSR count). The van der Waals surface area contributed by atoms with Crippen LogP contribution in [0.3, 0.4) is 0 Å². The molecule has 0 saturated carbocycles. The number of hydrogen-bond acceptors (Lipinski definition) is 3. The minimum absolute atomic E-state index is 0.0120. The molecule has 0 fully saturated rings. The van der Waals surface area contributed by atoms with Crippen molar-refractivity contribution >= 4 is 5.91 Å². The van der Waals surface area contributed by atoms with Crippen molar-refractivity contribution in [2.45, 2.75) is 25.8 Å². The maximum Gasteiger partial charge on any atom is 0.254 e. The van der Waals surface area contributed by atoms with Crippen molar-refractivity contribution in [3.05, 3.63) is 29.6 Å². The van der Waals surface area contributed by atoms with Gasteiger partial charge >= 0.3 is 0 Å². The maximum atomic E-state index is 13.7. The van der Waals surface area contributed by atoms with Crippen LogP contribution in [0.4, 0.5) is 4.39 Å². The molecule has 1 aromatic carbocycles. The van der Waals surface area contributed by atoms with E-state index in [0.717, 1.165) is 12.8 Å². The van der Waals surface area contributed by atoms with Crippen LogP contribution in [-0.2, 0) is 4.74 Å². The highest BCUT2D eigenvalue weighted by Crippen LogP contribution is 2.16. The molecule has 0 spiro atoms. The highest BCUT2D eigenvalue weighted by molar-refractivity contribution is 5.94. The molecule has 1 amide bonds. The average molecular weight is 269 g/mol. The quantitative estimate of drug-likeness (QED) is 0.826. The second-order valence-electron chi connectivity index (χ2n) is 4.26. The Kier molecular flexibility index (Phi) is 6.29. The molecule has 0 aliphatic carbocycles. The fraction of sp³-hybridized carbons (Fsp3) is 0.500. The molecule has 106 valence electrons. The Morgan fingerprint density at radius 2 is 2.16 bits per heavy atom. The Hall–Kier alpha value is -1.62. The lowest BCUT2D eigenvalue weighted by Gasteiger charge is -2.17. The number of benzene rings is 1. The highest BCUT2D eigenvalue weighted by atomic mass is 19.1. The van der Waals surface area contributed by atoms with E-state index in [1.54, 1.807) is 13.2 Å². The fourth-order valence-corrected chi connectivity index (χ4v) is 1.82. The van der Waals surface area contributed by atoms with Gasteiger partial charge in [-0.1, -0.05) is 13.3 Å². The monoisotopic (exact) mass is 269 g/mol. The van der Waals surface area contributed by atoms with Gasteiger partial charge in [-0.25, -0.2) is 4.39 Å². The molecule has 1 aromatic rings. The van der Waals surface area contributed by atoms with Gasteiger partial charge in [0.1, 0.15) is 11.6 Å². The summed E-state index contributed by atoms with van der Waals surface area (Å²) in [6.45, 7) is 2.43. The first-order valence-corrected chi connectivity index (χ1v) is 6.25. The SMILES string of the molecule is CCCC(COC)NC(=O)c1ccc(OC)cc1F. The van der Waals surface area contributed by atoms with Gasteiger partial charge in [0.15, 0.2) is 0 Å². The molecule has 0 radical (unpaired) electrons. The van der Waals surface area contributed by atoms with E-state index >= 15 is 0 Å². The van der Waals surface area contributed by atoms with Crippen molar-refractivity contribution in [2.75, 3.05) is 20.8 Å². The summed E-state index contributed by atoms with van der Waals surface area (Å²) in [4.78, 5) is 12.0. The van der Waals surface area contributed by atoms with Crippen LogP contribution in [0.2, 0.25) is 0 Å². The summed E-state index contributed by atoms with van der Waals surface area (Å²) >= 11 is 0. The van der Waals surface area contributed by atoms with Crippen LogP contribution in [0.1, 0.15) is 30.1 Å². The third-order valence-corrected chi connectivity index (χ3v) is 2.76. The summed E-state index contributed by atoms with van der Waals surface area (Å²) in [7, 11) is 3.02. The normalized spacial score (nSPS) is 12.0. The van der Waals surface area contributed by atoms with Gasteiger partial charge in [0.2, 0.25) is 0 Å². The minimum Gasteiger partial charge on any atom is -0.497 e. The first-order valence-electron chi connectivity index (χ1n) is 6.25. The van der Waals surface area contributed by atoms with E-state index in [4.69, 9.17) is 9.47 Å². The van der Waals surface area contributed by atoms with Crippen molar-refractivity contribution in [1.82, 2.24) is 5.32 Å². The van der Waals surface area contributed by atoms with E-state index in [0.29, 0.717) is 12.4 Å². The van der Waals surface area contributed by atoms with Gasteiger partial charge in [-0.3, -0.25) is 4.79 Å². The lowest BCUT2D eigenvalue weighted by Crippen LogP contribution is -2.38. The Labute approximate surface area is 112 Å². The van der Waals surface area contributed by atoms with Crippen molar-refractivity contribution in [3.8, 4) is 5.75 Å². The first-order chi connectivity index (χ1) is 9.12. The van der Waals surface area contributed by atoms with Gasteiger partial charge in [0.05, 0.1) is 25.3 Å². The Balaban J connectivity index is 2.76. The van der Waals surface area contributed by atoms with Crippen LogP contribution in [0.5, 0.6) is 5.75 Å². The zero-order valence-electron chi connectivity index (χ0n) is 11.5. The van der Waals surface area contributed by atoms with E-state index in [1.165, 1.54) is 19.2 Å². The van der Waals surface area contributed by atoms with Gasteiger partial charge in [-0.05, 0) is 18.6 Å². The van der Waals surface area contributed by atoms with E-state index in [1.807, 2.05) is 6.92 Å². The van der Waals surface area contributed by atoms with Crippen molar-refractivity contribution in [1.29, 1.82) is 0 Å². The van der Waals surface area contributed by atoms with Gasteiger partial charge in [0, 0.05) is 13.2 Å². The number of halogens is 1. The largest absolute Gasteiger partial charge is 0.497 e. The molecule has 0 saturated heterocycles. The zero-order chi connectivity index (χ0) is 14.3. The second-order valence-corrected chi connectivity index (χ2v) is 4.26. The number of methoxy groups -OCH3 is 2. The van der Waals surface area contributed by atoms with Gasteiger partial charge in [-0.2, -0.15) is 0 Å². The van der Waals surface area contributed by atoms with Crippen LogP contribution in [0, 0.1) is 5.82 Å². The molecule has 0 aliphatic rings. The van der Waals surface area contributed by atoms with Gasteiger partial charge in [0.25, 0.3) is 5.91 Å². The second kappa shape index (κ2) is 7.74. The van der Waals surface area contributed by atoms with Gasteiger partial charge in [-0.15, -0.1) is 0 Å². The van der Waals surface area contributed by atoms with Crippen LogP contribution >= 0.6 is 0 Å². The molecule has 1 atom stereocenters. The molecule has 19 heavy (non-hydrogen) atoms. The maximum absolute atomic E-state index is 13.7. The number of carbonyl (C=O) groups is 1. The van der Waals surface area contributed by atoms with Crippen LogP contribution < -0.4 is 10.1 Å². The summed E-state index contributed by atoms with van der Waals surface area (Å²) in [5.74, 6) is -0.642. The zero-order valence-corrected chi connectivity index (χ0v) is 11.5. The molecular formula is C14H20FNO3. The molecule has 0 aliphatic heterocycles. The van der Waals surface area contributed by atoms with Crippen molar-refractivity contribution < 1.29 is 18.7 Å². The minimum atomic E-state index is -0.593. The van der Waals surface area contributed by atoms with E-state index in [2.05, 4.69) is 5.32 Å². The average Bonchev–Trinajstić information content (AvgIpc) is 2.38. The molecule has 0 bridgehead atoms. The van der Waals surface area contributed by atoms with Crippen molar-refractivity contribution in [2.24, 2.45) is 0 Å². The number of rotatable bonds is 7. The summed E-state index contributed by atoms with van der Waals surface area (Å²) < 4.78 is 23.7. The number of amides is 1. The third-order valence-electron chi connectivity index (χ3n) is 2.76. The summed E-state index contributed by atoms with van der Waals surface area (Å²) in [6, 6.07) is 4.06. The van der Waals surface area contributed by atoms with Crippen LogP contribution in [0.25, 0.3) is 0 Å². The first kappa shape index (κ1) is 15.4. The summed E-state index contributed by atoms with van der Waals surface area (Å²) in [6.07, 6.45) is 1.71. The lowest BCUT2D eigenvalue weighted by atomic mass is 10.1. The number of nitrogens with one attached hydrogen (secondary N) is 1. The Morgan fingerprint density at radius 1 is 1.42 bits per heavy atom. The Morgan fingerprint density at radius 3 is 2.68 bits per heavy atom. The van der Waals surface area contributed by atoms with Gasteiger partial charge < -0.3 is 14.8 Å². The van der Waals surface area contributed by atoms with E-state index in [-0.39, 0.29) is 11.6 Å². The van der Waals surface area contributed by atoms with Crippen LogP contribution in [0.15, 0.2) is 18.2 Å². The third kappa shape index (κ3) is 4.52. The molecule has 1 N–H and O–H groups in total. The molecule has 4 nitrogen and oxygen atoms in total. The molecule has 1 unspecified atom stereocenters. The molecule has 5 heteroatoms. The van der Waals surface area contributed by atoms with E-state index in [9.17, 15) is 9.18 Å². The smallest absolute Gasteiger partial charge is 0.254 e. The van der Waals surface area contributed by atoms with E-state index < -0.39 is 11.7 Å². The predicted molar refractivity (Wildman–Crippen MR) is 71.0 cm³/mol. The Bertz CT molecular complexity index is 417. The molecule has 0 aromatic heterocycles. The lowest BCUT2D eigenvalue weighted by molar-refractivity contribution is 0.0887. The number of carbonyl (C=O) groups excluding carboxylic acids is 1. The number of hydrogen-bond donors (Lipinski definition) is 1. The molecule has 0 heterocycles. The highest BCUT2D eigenvalue weighted by Gasteiger charge is 2.16. The predicted octanol–water partition coefficient (Wildman–Crippen LogP) is 2.38. The van der Waals surface area contributed by atoms with Crippen molar-refractivity contribution in [3.63, 3.8) is 0 Å². The number of ether oxygens (including phenoxy) is 2. The standard InChI is InChI=1S/C14H20FNO3/c1-4-5-10(9-18-2)16-14(17)12-7-6-11(19-3)8-13(12)15/h6-8,10H,4-5,9H2,1-3H3,(H,16,17). The fourth-order valence-electron chi connectivity index (χ4n) is 1.82. The summed E-state index contributed by atoms with van der Waals surface area (Å²) in [5.41, 5.74) is 0.0120. The topological polar surface area (TPSA) is 47.6 Å². The molecular weight excluding hydrogens is 249 g/mol. The van der Waals surface area contributed by atoms with Crippen LogP contribution in [-0.4, -0.2) is 32.8 Å².